The van der Waals surface area contributed by atoms with Gasteiger partial charge in [-0.3, -0.25) is 0 Å². The van der Waals surface area contributed by atoms with E-state index in [1.54, 1.807) is 13.8 Å². The molecule has 2 N–H and O–H groups in total. The first-order valence-electron chi connectivity index (χ1n) is 2.95. The summed E-state index contributed by atoms with van der Waals surface area (Å²) in [4.78, 5) is 0. The van der Waals surface area contributed by atoms with Gasteiger partial charge in [0.25, 0.3) is 0 Å². The molecule has 0 aliphatic heterocycles. The molecule has 3 heteroatoms. The quantitative estimate of drug-likeness (QED) is 0.662. The average molecular weight is 156 g/mol. The molecule has 0 aromatic heterocycles. The molecule has 0 fully saturated rings. The third-order valence-electron chi connectivity index (χ3n) is 0.975. The highest BCUT2D eigenvalue weighted by molar-refractivity contribution is 5.85. The van der Waals surface area contributed by atoms with E-state index in [0.29, 0.717) is 13.0 Å². The summed E-state index contributed by atoms with van der Waals surface area (Å²) in [6, 6.07) is 0. The number of nitrogens with two attached hydrogens (primary N) is 1. The summed E-state index contributed by atoms with van der Waals surface area (Å²) >= 11 is 0. The fourth-order valence-electron chi connectivity index (χ4n) is 0.522. The van der Waals surface area contributed by atoms with Crippen molar-refractivity contribution in [2.24, 2.45) is 5.73 Å². The molecule has 0 aromatic rings. The lowest BCUT2D eigenvalue weighted by atomic mass is 10.1. The molecule has 0 aliphatic carbocycles. The van der Waals surface area contributed by atoms with Crippen molar-refractivity contribution in [3.63, 3.8) is 0 Å². The first-order chi connectivity index (χ1) is 3.56. The van der Waals surface area contributed by atoms with E-state index in [1.807, 2.05) is 0 Å². The first-order valence-corrected chi connectivity index (χ1v) is 2.95. The molecule has 1 nitrogen and oxygen atoms in total. The Morgan fingerprint density at radius 1 is 1.44 bits per heavy atom. The van der Waals surface area contributed by atoms with Crippen LogP contribution in [0.1, 0.15) is 26.7 Å². The van der Waals surface area contributed by atoms with Gasteiger partial charge in [-0.1, -0.05) is 0 Å². The van der Waals surface area contributed by atoms with E-state index in [9.17, 15) is 4.39 Å². The molecule has 0 rings (SSSR count). The highest BCUT2D eigenvalue weighted by Crippen LogP contribution is 2.14. The Hall–Kier alpha value is 0.180. The van der Waals surface area contributed by atoms with Gasteiger partial charge in [0, 0.05) is 0 Å². The van der Waals surface area contributed by atoms with Crippen LogP contribution in [0.2, 0.25) is 0 Å². The minimum Gasteiger partial charge on any atom is -0.330 e. The second-order valence-electron chi connectivity index (χ2n) is 2.61. The van der Waals surface area contributed by atoms with E-state index in [-0.39, 0.29) is 12.4 Å². The first kappa shape index (κ1) is 11.9. The van der Waals surface area contributed by atoms with Crippen molar-refractivity contribution >= 4 is 12.4 Å². The van der Waals surface area contributed by atoms with Crippen LogP contribution >= 0.6 is 12.4 Å². The number of alkyl halides is 1. The predicted octanol–water partition coefficient (Wildman–Crippen LogP) is 1.90. The molecule has 0 spiro atoms. The highest BCUT2D eigenvalue weighted by atomic mass is 35.5. The SMILES string of the molecule is CC(C)(F)CCCN.Cl. The minimum absolute atomic E-state index is 0. The van der Waals surface area contributed by atoms with E-state index < -0.39 is 5.67 Å². The van der Waals surface area contributed by atoms with Gasteiger partial charge in [0.05, 0.1) is 0 Å². The van der Waals surface area contributed by atoms with E-state index in [4.69, 9.17) is 5.73 Å². The minimum atomic E-state index is -1.03. The fraction of sp³-hybridized carbons (Fsp3) is 1.00. The number of hydrogen-bond acceptors (Lipinski definition) is 1. The maximum absolute atomic E-state index is 12.5. The normalized spacial score (nSPS) is 10.7. The Morgan fingerprint density at radius 2 is 1.89 bits per heavy atom. The lowest BCUT2D eigenvalue weighted by molar-refractivity contribution is 0.198. The van der Waals surface area contributed by atoms with Crippen molar-refractivity contribution in [2.75, 3.05) is 6.54 Å². The van der Waals surface area contributed by atoms with Gasteiger partial charge in [-0.2, -0.15) is 0 Å². The van der Waals surface area contributed by atoms with Crippen molar-refractivity contribution in [1.82, 2.24) is 0 Å². The number of rotatable bonds is 3. The second-order valence-corrected chi connectivity index (χ2v) is 2.61. The molecular weight excluding hydrogens is 141 g/mol. The Morgan fingerprint density at radius 3 is 2.00 bits per heavy atom. The van der Waals surface area contributed by atoms with E-state index >= 15 is 0 Å². The van der Waals surface area contributed by atoms with Crippen molar-refractivity contribution in [1.29, 1.82) is 0 Å². The fourth-order valence-corrected chi connectivity index (χ4v) is 0.522. The summed E-state index contributed by atoms with van der Waals surface area (Å²) in [7, 11) is 0. The van der Waals surface area contributed by atoms with E-state index in [0.717, 1.165) is 6.42 Å². The molecule has 9 heavy (non-hydrogen) atoms. The van der Waals surface area contributed by atoms with E-state index in [2.05, 4.69) is 0 Å². The summed E-state index contributed by atoms with van der Waals surface area (Å²) < 4.78 is 12.5. The van der Waals surface area contributed by atoms with Crippen LogP contribution in [0.25, 0.3) is 0 Å². The zero-order valence-corrected chi connectivity index (χ0v) is 6.80. The molecule has 0 saturated carbocycles. The van der Waals surface area contributed by atoms with Crippen LogP contribution in [-0.4, -0.2) is 12.2 Å². The van der Waals surface area contributed by atoms with Crippen LogP contribution in [-0.2, 0) is 0 Å². The van der Waals surface area contributed by atoms with Gasteiger partial charge < -0.3 is 5.73 Å². The Bertz CT molecular complexity index is 60.6. The molecule has 0 radical (unpaired) electrons. The Kier molecular flexibility index (Phi) is 6.62. The largest absolute Gasteiger partial charge is 0.330 e. The van der Waals surface area contributed by atoms with Crippen LogP contribution in [0.4, 0.5) is 4.39 Å². The summed E-state index contributed by atoms with van der Waals surface area (Å²) in [5, 5.41) is 0. The highest BCUT2D eigenvalue weighted by Gasteiger charge is 2.12. The monoisotopic (exact) mass is 155 g/mol. The van der Waals surface area contributed by atoms with Crippen LogP contribution in [0.3, 0.4) is 0 Å². The second kappa shape index (κ2) is 5.00. The van der Waals surface area contributed by atoms with Crippen LogP contribution in [0, 0.1) is 0 Å². The molecule has 0 aromatic carbocycles. The van der Waals surface area contributed by atoms with Gasteiger partial charge in [-0.15, -0.1) is 12.4 Å². The van der Waals surface area contributed by atoms with Gasteiger partial charge in [0.2, 0.25) is 0 Å². The molecular formula is C6H15ClFN. The zero-order chi connectivity index (χ0) is 6.62. The van der Waals surface area contributed by atoms with Gasteiger partial charge in [0.15, 0.2) is 0 Å². The van der Waals surface area contributed by atoms with Crippen LogP contribution in [0.15, 0.2) is 0 Å². The Balaban J connectivity index is 0. The summed E-state index contributed by atoms with van der Waals surface area (Å²) in [6.45, 7) is 3.73. The summed E-state index contributed by atoms with van der Waals surface area (Å²) in [5.41, 5.74) is 4.14. The number of hydrogen-bond donors (Lipinski definition) is 1. The molecule has 0 aliphatic rings. The predicted molar refractivity (Wildman–Crippen MR) is 40.7 cm³/mol. The van der Waals surface area contributed by atoms with Crippen molar-refractivity contribution in [2.45, 2.75) is 32.4 Å². The molecule has 0 heterocycles. The summed E-state index contributed by atoms with van der Waals surface area (Å²) in [5.74, 6) is 0. The van der Waals surface area contributed by atoms with E-state index in [1.165, 1.54) is 0 Å². The molecule has 0 atom stereocenters. The lowest BCUT2D eigenvalue weighted by Gasteiger charge is -2.11. The van der Waals surface area contributed by atoms with Crippen LogP contribution in [0.5, 0.6) is 0 Å². The molecule has 58 valence electrons. The standard InChI is InChI=1S/C6H14FN.ClH/c1-6(2,7)4-3-5-8;/h3-5,8H2,1-2H3;1H. The molecule has 0 amide bonds. The Labute approximate surface area is 62.2 Å². The zero-order valence-electron chi connectivity index (χ0n) is 5.98. The molecule has 0 saturated heterocycles. The van der Waals surface area contributed by atoms with Crippen molar-refractivity contribution in [3.8, 4) is 0 Å². The number of halogens is 2. The van der Waals surface area contributed by atoms with Gasteiger partial charge in [0.1, 0.15) is 5.67 Å². The third-order valence-corrected chi connectivity index (χ3v) is 0.975. The van der Waals surface area contributed by atoms with Crippen molar-refractivity contribution in [3.05, 3.63) is 0 Å². The van der Waals surface area contributed by atoms with Gasteiger partial charge in [-0.25, -0.2) is 4.39 Å². The molecule has 0 unspecified atom stereocenters. The lowest BCUT2D eigenvalue weighted by Crippen LogP contribution is -2.13. The van der Waals surface area contributed by atoms with Crippen LogP contribution < -0.4 is 5.73 Å². The summed E-state index contributed by atoms with van der Waals surface area (Å²) in [6.07, 6.45) is 1.35. The maximum Gasteiger partial charge on any atom is 0.105 e. The van der Waals surface area contributed by atoms with Crippen molar-refractivity contribution < 1.29 is 4.39 Å². The topological polar surface area (TPSA) is 26.0 Å². The third kappa shape index (κ3) is 11.6. The van der Waals surface area contributed by atoms with Gasteiger partial charge >= 0.3 is 0 Å². The van der Waals surface area contributed by atoms with Gasteiger partial charge in [-0.05, 0) is 33.2 Å². The molecule has 0 bridgehead atoms. The average Bonchev–Trinajstić information content (AvgIpc) is 1.59. The smallest absolute Gasteiger partial charge is 0.105 e. The maximum atomic E-state index is 12.5.